The SMILES string of the molecule is NCC(F)=C1CCC1. The second-order valence-corrected chi connectivity index (χ2v) is 2.07. The van der Waals surface area contributed by atoms with Crippen LogP contribution in [-0.4, -0.2) is 6.54 Å². The molecule has 0 saturated heterocycles. The molecule has 0 aromatic carbocycles. The Labute approximate surface area is 48.4 Å². The fourth-order valence-corrected chi connectivity index (χ4v) is 0.769. The Morgan fingerprint density at radius 3 is 2.38 bits per heavy atom. The standard InChI is InChI=1S/C6H10FN/c7-6(4-8)5-2-1-3-5/h1-4,8H2. The van der Waals surface area contributed by atoms with Gasteiger partial charge in [0.1, 0.15) is 5.83 Å². The zero-order chi connectivity index (χ0) is 5.98. The van der Waals surface area contributed by atoms with Crippen LogP contribution < -0.4 is 5.73 Å². The smallest absolute Gasteiger partial charge is 0.113 e. The van der Waals surface area contributed by atoms with Crippen molar-refractivity contribution in [3.63, 3.8) is 0 Å². The summed E-state index contributed by atoms with van der Waals surface area (Å²) in [7, 11) is 0. The average molecular weight is 115 g/mol. The molecule has 0 radical (unpaired) electrons. The molecule has 1 saturated carbocycles. The van der Waals surface area contributed by atoms with E-state index >= 15 is 0 Å². The third kappa shape index (κ3) is 0.892. The lowest BCUT2D eigenvalue weighted by atomic mass is 9.92. The summed E-state index contributed by atoms with van der Waals surface area (Å²) in [6.07, 6.45) is 3.01. The van der Waals surface area contributed by atoms with Gasteiger partial charge in [-0.05, 0) is 24.8 Å². The lowest BCUT2D eigenvalue weighted by Crippen LogP contribution is -2.07. The highest BCUT2D eigenvalue weighted by Gasteiger charge is 2.12. The minimum absolute atomic E-state index is 0.0868. The van der Waals surface area contributed by atoms with Gasteiger partial charge in [0.05, 0.1) is 0 Å². The van der Waals surface area contributed by atoms with Crippen LogP contribution in [0.15, 0.2) is 11.4 Å². The predicted molar refractivity (Wildman–Crippen MR) is 31.0 cm³/mol. The van der Waals surface area contributed by atoms with Crippen molar-refractivity contribution in [1.29, 1.82) is 0 Å². The summed E-state index contributed by atoms with van der Waals surface area (Å²) >= 11 is 0. The van der Waals surface area contributed by atoms with Crippen molar-refractivity contribution < 1.29 is 4.39 Å². The summed E-state index contributed by atoms with van der Waals surface area (Å²) in [5.41, 5.74) is 5.99. The molecule has 0 bridgehead atoms. The highest BCUT2D eigenvalue weighted by molar-refractivity contribution is 5.14. The molecule has 8 heavy (non-hydrogen) atoms. The minimum atomic E-state index is -0.0868. The molecule has 0 aromatic rings. The molecule has 0 amide bonds. The van der Waals surface area contributed by atoms with Crippen molar-refractivity contribution in [2.24, 2.45) is 5.73 Å². The lowest BCUT2D eigenvalue weighted by molar-refractivity contribution is 0.543. The maximum absolute atomic E-state index is 12.3. The summed E-state index contributed by atoms with van der Waals surface area (Å²) in [6.45, 7) is 0.0926. The summed E-state index contributed by atoms with van der Waals surface area (Å²) in [5, 5.41) is 0. The van der Waals surface area contributed by atoms with Crippen molar-refractivity contribution >= 4 is 0 Å². The second kappa shape index (κ2) is 2.27. The minimum Gasteiger partial charge on any atom is -0.325 e. The molecule has 0 atom stereocenters. The van der Waals surface area contributed by atoms with Gasteiger partial charge in [-0.3, -0.25) is 0 Å². The van der Waals surface area contributed by atoms with E-state index in [2.05, 4.69) is 0 Å². The van der Waals surface area contributed by atoms with Gasteiger partial charge in [-0.2, -0.15) is 0 Å². The highest BCUT2D eigenvalue weighted by Crippen LogP contribution is 2.28. The third-order valence-corrected chi connectivity index (χ3v) is 1.52. The molecule has 1 nitrogen and oxygen atoms in total. The lowest BCUT2D eigenvalue weighted by Gasteiger charge is -2.16. The van der Waals surface area contributed by atoms with E-state index in [0.717, 1.165) is 24.8 Å². The first-order valence-electron chi connectivity index (χ1n) is 2.91. The van der Waals surface area contributed by atoms with Gasteiger partial charge in [0.2, 0.25) is 0 Å². The van der Waals surface area contributed by atoms with Gasteiger partial charge in [-0.1, -0.05) is 0 Å². The van der Waals surface area contributed by atoms with Gasteiger partial charge in [-0.15, -0.1) is 0 Å². The quantitative estimate of drug-likeness (QED) is 0.548. The van der Waals surface area contributed by atoms with Crippen molar-refractivity contribution in [1.82, 2.24) is 0 Å². The van der Waals surface area contributed by atoms with Crippen molar-refractivity contribution in [3.05, 3.63) is 11.4 Å². The van der Waals surface area contributed by atoms with Crippen LogP contribution in [0.4, 0.5) is 4.39 Å². The Kier molecular flexibility index (Phi) is 1.63. The van der Waals surface area contributed by atoms with Crippen LogP contribution in [-0.2, 0) is 0 Å². The molecule has 46 valence electrons. The Balaban J connectivity index is 2.47. The summed E-state index contributed by atoms with van der Waals surface area (Å²) < 4.78 is 12.3. The van der Waals surface area contributed by atoms with Crippen molar-refractivity contribution in [3.8, 4) is 0 Å². The van der Waals surface area contributed by atoms with Crippen LogP contribution in [0.2, 0.25) is 0 Å². The summed E-state index contributed by atoms with van der Waals surface area (Å²) in [4.78, 5) is 0. The molecule has 0 aliphatic heterocycles. The van der Waals surface area contributed by atoms with Crippen LogP contribution in [0.25, 0.3) is 0 Å². The van der Waals surface area contributed by atoms with Crippen LogP contribution in [0, 0.1) is 0 Å². The zero-order valence-electron chi connectivity index (χ0n) is 4.78. The van der Waals surface area contributed by atoms with E-state index in [4.69, 9.17) is 5.73 Å². The van der Waals surface area contributed by atoms with E-state index in [1.165, 1.54) is 0 Å². The molecule has 0 aromatic heterocycles. The first kappa shape index (κ1) is 5.76. The van der Waals surface area contributed by atoms with E-state index in [1.807, 2.05) is 0 Å². The monoisotopic (exact) mass is 115 g/mol. The van der Waals surface area contributed by atoms with E-state index in [0.29, 0.717) is 0 Å². The maximum Gasteiger partial charge on any atom is 0.113 e. The molecule has 0 unspecified atom stereocenters. The van der Waals surface area contributed by atoms with E-state index in [1.54, 1.807) is 0 Å². The predicted octanol–water partition coefficient (Wildman–Crippen LogP) is 1.35. The summed E-state index contributed by atoms with van der Waals surface area (Å²) in [6, 6.07) is 0. The fourth-order valence-electron chi connectivity index (χ4n) is 0.769. The molecule has 0 spiro atoms. The highest BCUT2D eigenvalue weighted by atomic mass is 19.1. The van der Waals surface area contributed by atoms with Gasteiger partial charge >= 0.3 is 0 Å². The second-order valence-electron chi connectivity index (χ2n) is 2.07. The Bertz CT molecular complexity index is 106. The average Bonchev–Trinajstić information content (AvgIpc) is 1.62. The summed E-state index contributed by atoms with van der Waals surface area (Å²) in [5.74, 6) is -0.0868. The number of halogens is 1. The Hall–Kier alpha value is -0.370. The molecule has 2 heteroatoms. The molecule has 1 fully saturated rings. The molecular weight excluding hydrogens is 105 g/mol. The van der Waals surface area contributed by atoms with Crippen LogP contribution in [0.3, 0.4) is 0 Å². The Morgan fingerprint density at radius 2 is 2.25 bits per heavy atom. The molecule has 1 aliphatic carbocycles. The van der Waals surface area contributed by atoms with Crippen LogP contribution >= 0.6 is 0 Å². The molecule has 1 rings (SSSR count). The molecule has 0 heterocycles. The molecule has 2 N–H and O–H groups in total. The topological polar surface area (TPSA) is 26.0 Å². The zero-order valence-corrected chi connectivity index (χ0v) is 4.78. The number of hydrogen-bond donors (Lipinski definition) is 1. The maximum atomic E-state index is 12.3. The number of nitrogens with two attached hydrogens (primary N) is 1. The van der Waals surface area contributed by atoms with Gasteiger partial charge < -0.3 is 5.73 Å². The fraction of sp³-hybridized carbons (Fsp3) is 0.667. The normalized spacial score (nSPS) is 18.0. The van der Waals surface area contributed by atoms with E-state index in [-0.39, 0.29) is 12.4 Å². The van der Waals surface area contributed by atoms with Crippen molar-refractivity contribution in [2.45, 2.75) is 19.3 Å². The van der Waals surface area contributed by atoms with Crippen LogP contribution in [0.5, 0.6) is 0 Å². The molecule has 1 aliphatic rings. The first-order chi connectivity index (χ1) is 3.84. The largest absolute Gasteiger partial charge is 0.325 e. The Morgan fingerprint density at radius 1 is 1.62 bits per heavy atom. The van der Waals surface area contributed by atoms with Gasteiger partial charge in [-0.25, -0.2) is 4.39 Å². The number of allylic oxidation sites excluding steroid dienone is 1. The third-order valence-electron chi connectivity index (χ3n) is 1.52. The van der Waals surface area contributed by atoms with Crippen molar-refractivity contribution in [2.75, 3.05) is 6.54 Å². The van der Waals surface area contributed by atoms with Gasteiger partial charge in [0.25, 0.3) is 0 Å². The number of rotatable bonds is 1. The first-order valence-corrected chi connectivity index (χ1v) is 2.91. The number of hydrogen-bond acceptors (Lipinski definition) is 1. The van der Waals surface area contributed by atoms with Crippen LogP contribution in [0.1, 0.15) is 19.3 Å². The van der Waals surface area contributed by atoms with E-state index in [9.17, 15) is 4.39 Å². The van der Waals surface area contributed by atoms with Gasteiger partial charge in [0.15, 0.2) is 0 Å². The van der Waals surface area contributed by atoms with E-state index < -0.39 is 0 Å². The molecular formula is C6H10FN. The van der Waals surface area contributed by atoms with Gasteiger partial charge in [0, 0.05) is 6.54 Å².